The number of nitrogens with zero attached hydrogens (tertiary/aromatic N) is 1. The first-order valence-corrected chi connectivity index (χ1v) is 6.81. The average molecular weight is 346 g/mol. The number of rotatable bonds is 1. The van der Waals surface area contributed by atoms with Crippen LogP contribution in [0.25, 0.3) is 10.9 Å². The molecule has 0 atom stereocenters. The van der Waals surface area contributed by atoms with Crippen LogP contribution < -0.4 is 0 Å². The van der Waals surface area contributed by atoms with Gasteiger partial charge in [0.25, 0.3) is 6.43 Å². The first-order chi connectivity index (χ1) is 9.19. The van der Waals surface area contributed by atoms with Crippen molar-refractivity contribution in [3.8, 4) is 0 Å². The Kier molecular flexibility index (Phi) is 3.86. The van der Waals surface area contributed by atoms with Gasteiger partial charge in [-0.15, -0.1) is 0 Å². The Balaban J connectivity index is 2.60. The number of carbonyl (C=O) groups is 1. The zero-order valence-corrected chi connectivity index (χ0v) is 12.9. The number of halogens is 3. The predicted molar refractivity (Wildman–Crippen MR) is 76.2 cm³/mol. The maximum atomic E-state index is 13.1. The Morgan fingerprint density at radius 3 is 2.50 bits per heavy atom. The Morgan fingerprint density at radius 1 is 1.30 bits per heavy atom. The van der Waals surface area contributed by atoms with Gasteiger partial charge in [-0.25, -0.2) is 18.1 Å². The van der Waals surface area contributed by atoms with Crippen LogP contribution in [0, 0.1) is 0 Å². The predicted octanol–water partition coefficient (Wildman–Crippen LogP) is 5.12. The molecule has 6 heteroatoms. The fourth-order valence-corrected chi connectivity index (χ4v) is 2.26. The molecule has 1 aromatic heterocycles. The summed E-state index contributed by atoms with van der Waals surface area (Å²) >= 11 is 3.28. The maximum absolute atomic E-state index is 13.1. The molecule has 0 unspecified atom stereocenters. The van der Waals surface area contributed by atoms with Crippen molar-refractivity contribution in [1.82, 2.24) is 4.57 Å². The van der Waals surface area contributed by atoms with E-state index in [1.807, 2.05) is 0 Å². The molecule has 0 aliphatic heterocycles. The molecule has 1 heterocycles. The number of hydrogen-bond donors (Lipinski definition) is 0. The van der Waals surface area contributed by atoms with Crippen LogP contribution in [0.4, 0.5) is 13.6 Å². The van der Waals surface area contributed by atoms with Gasteiger partial charge < -0.3 is 4.74 Å². The van der Waals surface area contributed by atoms with Crippen LogP contribution in [0.2, 0.25) is 0 Å². The average Bonchev–Trinajstić information content (AvgIpc) is 2.64. The van der Waals surface area contributed by atoms with E-state index >= 15 is 0 Å². The zero-order valence-electron chi connectivity index (χ0n) is 11.3. The molecule has 20 heavy (non-hydrogen) atoms. The van der Waals surface area contributed by atoms with Gasteiger partial charge in [-0.2, -0.15) is 0 Å². The van der Waals surface area contributed by atoms with Crippen molar-refractivity contribution >= 4 is 32.9 Å². The minimum atomic E-state index is -2.76. The largest absolute Gasteiger partial charge is 0.443 e. The second kappa shape index (κ2) is 5.16. The van der Waals surface area contributed by atoms with E-state index in [1.165, 1.54) is 6.07 Å². The van der Waals surface area contributed by atoms with Crippen molar-refractivity contribution in [1.29, 1.82) is 0 Å². The molecule has 2 rings (SSSR count). The van der Waals surface area contributed by atoms with Crippen LogP contribution in [-0.2, 0) is 4.74 Å². The smallest absolute Gasteiger partial charge is 0.419 e. The molecule has 0 N–H and O–H groups in total. The Labute approximate surface area is 123 Å². The number of ether oxygens (including phenoxy) is 1. The lowest BCUT2D eigenvalue weighted by molar-refractivity contribution is 0.0511. The molecular weight excluding hydrogens is 332 g/mol. The summed E-state index contributed by atoms with van der Waals surface area (Å²) in [6.45, 7) is 5.07. The molecule has 0 radical (unpaired) electrons. The van der Waals surface area contributed by atoms with Crippen LogP contribution in [-0.4, -0.2) is 16.3 Å². The lowest BCUT2D eigenvalue weighted by Gasteiger charge is -2.20. The fourth-order valence-electron chi connectivity index (χ4n) is 1.88. The quantitative estimate of drug-likeness (QED) is 0.717. The van der Waals surface area contributed by atoms with Gasteiger partial charge >= 0.3 is 6.09 Å². The highest BCUT2D eigenvalue weighted by molar-refractivity contribution is 9.10. The summed E-state index contributed by atoms with van der Waals surface area (Å²) in [5.41, 5.74) is -0.715. The topological polar surface area (TPSA) is 31.2 Å². The highest BCUT2D eigenvalue weighted by atomic mass is 79.9. The van der Waals surface area contributed by atoms with Gasteiger partial charge in [0.2, 0.25) is 0 Å². The maximum Gasteiger partial charge on any atom is 0.419 e. The molecule has 0 aliphatic carbocycles. The van der Waals surface area contributed by atoms with E-state index in [4.69, 9.17) is 4.74 Å². The number of fused-ring (bicyclic) bond motifs is 1. The fraction of sp³-hybridized carbons (Fsp3) is 0.357. The third-order valence-electron chi connectivity index (χ3n) is 2.59. The molecule has 2 aromatic rings. The van der Waals surface area contributed by atoms with Crippen LogP contribution in [0.15, 0.2) is 28.7 Å². The number of benzene rings is 1. The van der Waals surface area contributed by atoms with Crippen molar-refractivity contribution in [2.24, 2.45) is 0 Å². The monoisotopic (exact) mass is 345 g/mol. The molecule has 1 aromatic carbocycles. The van der Waals surface area contributed by atoms with Gasteiger partial charge in [0, 0.05) is 9.86 Å². The van der Waals surface area contributed by atoms with Gasteiger partial charge in [0.05, 0.1) is 11.2 Å². The third kappa shape index (κ3) is 3.00. The van der Waals surface area contributed by atoms with E-state index in [1.54, 1.807) is 39.0 Å². The lowest BCUT2D eigenvalue weighted by Crippen LogP contribution is -2.28. The minimum Gasteiger partial charge on any atom is -0.443 e. The SMILES string of the molecule is CC(C)(C)OC(=O)n1c(C(F)F)cc2cc(Br)ccc21. The summed E-state index contributed by atoms with van der Waals surface area (Å²) in [5, 5.41) is 0.556. The van der Waals surface area contributed by atoms with Crippen molar-refractivity contribution in [2.45, 2.75) is 32.8 Å². The van der Waals surface area contributed by atoms with Crippen molar-refractivity contribution < 1.29 is 18.3 Å². The Bertz CT molecular complexity index is 659. The van der Waals surface area contributed by atoms with Crippen LogP contribution in [0.1, 0.15) is 32.9 Å². The summed E-state index contributed by atoms with van der Waals surface area (Å²) in [5.74, 6) is 0. The molecule has 0 spiro atoms. The van der Waals surface area contributed by atoms with Gasteiger partial charge in [-0.05, 0) is 45.0 Å². The van der Waals surface area contributed by atoms with E-state index in [0.717, 1.165) is 9.04 Å². The molecular formula is C14H14BrF2NO2. The van der Waals surface area contributed by atoms with E-state index in [-0.39, 0.29) is 5.69 Å². The summed E-state index contributed by atoms with van der Waals surface area (Å²) in [6, 6.07) is 6.28. The summed E-state index contributed by atoms with van der Waals surface area (Å²) in [7, 11) is 0. The second-order valence-corrected chi connectivity index (χ2v) is 6.30. The number of aromatic nitrogens is 1. The van der Waals surface area contributed by atoms with Crippen molar-refractivity contribution in [3.63, 3.8) is 0 Å². The summed E-state index contributed by atoms with van der Waals surface area (Å²) < 4.78 is 33.1. The first-order valence-electron chi connectivity index (χ1n) is 6.01. The van der Waals surface area contributed by atoms with E-state index in [2.05, 4.69) is 15.9 Å². The molecule has 0 amide bonds. The molecule has 0 bridgehead atoms. The van der Waals surface area contributed by atoms with E-state index in [0.29, 0.717) is 10.9 Å². The zero-order chi connectivity index (χ0) is 15.1. The van der Waals surface area contributed by atoms with Gasteiger partial charge in [-0.3, -0.25) is 0 Å². The number of hydrogen-bond acceptors (Lipinski definition) is 2. The first kappa shape index (κ1) is 15.0. The van der Waals surface area contributed by atoms with E-state index in [9.17, 15) is 13.6 Å². The number of alkyl halides is 2. The van der Waals surface area contributed by atoms with Crippen molar-refractivity contribution in [2.75, 3.05) is 0 Å². The Hall–Kier alpha value is -1.43. The molecule has 0 saturated heterocycles. The van der Waals surface area contributed by atoms with Crippen LogP contribution >= 0.6 is 15.9 Å². The molecule has 0 aliphatic rings. The highest BCUT2D eigenvalue weighted by Crippen LogP contribution is 2.30. The van der Waals surface area contributed by atoms with Crippen LogP contribution in [0.5, 0.6) is 0 Å². The van der Waals surface area contributed by atoms with E-state index < -0.39 is 18.1 Å². The van der Waals surface area contributed by atoms with Crippen molar-refractivity contribution in [3.05, 3.63) is 34.4 Å². The Morgan fingerprint density at radius 2 is 1.95 bits per heavy atom. The third-order valence-corrected chi connectivity index (χ3v) is 3.08. The highest BCUT2D eigenvalue weighted by Gasteiger charge is 2.25. The van der Waals surface area contributed by atoms with Crippen LogP contribution in [0.3, 0.4) is 0 Å². The summed E-state index contributed by atoms with van der Waals surface area (Å²) in [4.78, 5) is 12.1. The second-order valence-electron chi connectivity index (χ2n) is 5.39. The standard InChI is InChI=1S/C14H14BrF2NO2/c1-14(2,3)20-13(19)18-10-5-4-9(15)6-8(10)7-11(18)12(16)17/h4-7,12H,1-3H3. The lowest BCUT2D eigenvalue weighted by atomic mass is 10.2. The summed E-state index contributed by atoms with van der Waals surface area (Å²) in [6.07, 6.45) is -3.56. The van der Waals surface area contributed by atoms with Gasteiger partial charge in [0.1, 0.15) is 5.60 Å². The molecule has 108 valence electrons. The van der Waals surface area contributed by atoms with Gasteiger partial charge in [0.15, 0.2) is 0 Å². The van der Waals surface area contributed by atoms with Gasteiger partial charge in [-0.1, -0.05) is 15.9 Å². The molecule has 0 fully saturated rings. The normalized spacial score (nSPS) is 12.2. The molecule has 3 nitrogen and oxygen atoms in total. The minimum absolute atomic E-state index is 0.368. The number of carbonyl (C=O) groups excluding carboxylic acids is 1. The molecule has 0 saturated carbocycles.